The maximum absolute atomic E-state index is 12.9. The molecule has 0 N–H and O–H groups in total. The van der Waals surface area contributed by atoms with Crippen molar-refractivity contribution in [2.75, 3.05) is 0 Å². The van der Waals surface area contributed by atoms with Crippen LogP contribution in [0.1, 0.15) is 26.5 Å². The lowest BCUT2D eigenvalue weighted by Gasteiger charge is -2.00. The van der Waals surface area contributed by atoms with E-state index in [1.54, 1.807) is 18.2 Å². The van der Waals surface area contributed by atoms with E-state index in [1.165, 1.54) is 17.4 Å². The summed E-state index contributed by atoms with van der Waals surface area (Å²) in [4.78, 5) is 30.4. The largest absolute Gasteiger partial charge is 0.437 e. The lowest BCUT2D eigenvalue weighted by Crippen LogP contribution is -1.99. The molecule has 31 heavy (non-hydrogen) atoms. The zero-order valence-corrected chi connectivity index (χ0v) is 17.5. The van der Waals surface area contributed by atoms with Crippen LogP contribution in [0.25, 0.3) is 37.8 Å². The molecule has 4 nitrogen and oxygen atoms in total. The number of benzene rings is 3. The number of Topliss-reactive ketones (excluding diaryl/α,β-unsaturated/α-hetero) is 2. The monoisotopic (exact) mass is 441 g/mol. The van der Waals surface area contributed by atoms with Crippen molar-refractivity contribution < 1.29 is 14.0 Å². The lowest BCUT2D eigenvalue weighted by atomic mass is 10.0. The van der Waals surface area contributed by atoms with Gasteiger partial charge in [0.05, 0.1) is 10.3 Å². The summed E-state index contributed by atoms with van der Waals surface area (Å²) in [6, 6.07) is 20.5. The van der Waals surface area contributed by atoms with Crippen molar-refractivity contribution in [3.8, 4) is 10.6 Å². The van der Waals surface area contributed by atoms with E-state index in [1.807, 2.05) is 48.5 Å². The number of fused-ring (bicyclic) bond motifs is 3. The van der Waals surface area contributed by atoms with Gasteiger partial charge in [-0.05, 0) is 41.1 Å². The number of nitrogens with zero attached hydrogens (tertiary/aromatic N) is 1. The Hall–Kier alpha value is -3.54. The van der Waals surface area contributed by atoms with E-state index in [2.05, 4.69) is 4.98 Å². The predicted octanol–water partition coefficient (Wildman–Crippen LogP) is 6.83. The Balaban J connectivity index is 1.38. The van der Waals surface area contributed by atoms with E-state index in [0.717, 1.165) is 26.0 Å². The van der Waals surface area contributed by atoms with Crippen molar-refractivity contribution in [2.24, 2.45) is 0 Å². The normalized spacial score (nSPS) is 13.4. The molecule has 0 fully saturated rings. The van der Waals surface area contributed by atoms with E-state index in [9.17, 15) is 9.59 Å². The molecule has 0 unspecified atom stereocenters. The maximum atomic E-state index is 12.9. The molecule has 6 heteroatoms. The molecule has 2 aromatic heterocycles. The number of ketones is 2. The smallest absolute Gasteiger partial charge is 0.238 e. The number of allylic oxidation sites excluding steroid dienone is 1. The Labute approximate surface area is 185 Å². The van der Waals surface area contributed by atoms with E-state index in [0.29, 0.717) is 27.6 Å². The number of carbonyl (C=O) groups excluding carboxylic acids is 2. The Bertz CT molecular complexity index is 1490. The van der Waals surface area contributed by atoms with Gasteiger partial charge in [0.2, 0.25) is 5.71 Å². The highest BCUT2D eigenvalue weighted by Crippen LogP contribution is 2.35. The Morgan fingerprint density at radius 3 is 2.13 bits per heavy atom. The molecular formula is C25H12ClNO3S. The van der Waals surface area contributed by atoms with Crippen LogP contribution in [0.15, 0.2) is 76.7 Å². The van der Waals surface area contributed by atoms with E-state index in [4.69, 9.17) is 16.0 Å². The van der Waals surface area contributed by atoms with Crippen LogP contribution in [0.4, 0.5) is 0 Å². The third-order valence-electron chi connectivity index (χ3n) is 5.35. The van der Waals surface area contributed by atoms with Crippen LogP contribution < -0.4 is 0 Å². The fraction of sp³-hybridized carbons (Fsp3) is 0. The molecule has 0 saturated carbocycles. The number of rotatable bonds is 2. The van der Waals surface area contributed by atoms with Gasteiger partial charge in [-0.2, -0.15) is 0 Å². The number of aromatic nitrogens is 1. The highest BCUT2D eigenvalue weighted by Gasteiger charge is 2.33. The van der Waals surface area contributed by atoms with Crippen molar-refractivity contribution in [1.29, 1.82) is 0 Å². The van der Waals surface area contributed by atoms with Crippen molar-refractivity contribution in [2.45, 2.75) is 0 Å². The second kappa shape index (κ2) is 6.74. The first-order valence-electron chi connectivity index (χ1n) is 9.57. The SMILES string of the molecule is O=C1C(=Cc2cc3sc(-c4ccc(Cl)cc4)nc3o2)C(=O)c2cc3ccccc3cc21. The third-order valence-corrected chi connectivity index (χ3v) is 6.64. The summed E-state index contributed by atoms with van der Waals surface area (Å²) in [5, 5.41) is 3.34. The quantitative estimate of drug-likeness (QED) is 0.222. The number of hydrogen-bond donors (Lipinski definition) is 0. The van der Waals surface area contributed by atoms with Gasteiger partial charge < -0.3 is 4.42 Å². The van der Waals surface area contributed by atoms with Gasteiger partial charge in [-0.25, -0.2) is 4.98 Å². The molecule has 0 saturated heterocycles. The molecule has 0 aliphatic heterocycles. The number of thiazole rings is 1. The molecule has 148 valence electrons. The van der Waals surface area contributed by atoms with E-state index >= 15 is 0 Å². The van der Waals surface area contributed by atoms with Crippen LogP contribution in [-0.2, 0) is 0 Å². The second-order valence-corrected chi connectivity index (χ2v) is 8.77. The standard InChI is InChI=1S/C25H12ClNO3S/c26-16-7-5-13(6-8-16)25-27-24-21(31-25)12-17(30-24)11-20-22(28)18-9-14-3-1-2-4-15(14)10-19(18)23(20)29/h1-12H. The summed E-state index contributed by atoms with van der Waals surface area (Å²) in [5.41, 5.74) is 2.41. The minimum atomic E-state index is -0.277. The number of carbonyl (C=O) groups is 2. The number of furan rings is 1. The zero-order chi connectivity index (χ0) is 21.1. The Morgan fingerprint density at radius 2 is 1.52 bits per heavy atom. The van der Waals surface area contributed by atoms with Gasteiger partial charge in [-0.1, -0.05) is 48.0 Å². The molecule has 1 aliphatic carbocycles. The van der Waals surface area contributed by atoms with Crippen LogP contribution in [0, 0.1) is 0 Å². The first kappa shape index (κ1) is 18.2. The fourth-order valence-corrected chi connectivity index (χ4v) is 4.89. The Kier molecular flexibility index (Phi) is 3.96. The first-order chi connectivity index (χ1) is 15.1. The third kappa shape index (κ3) is 2.93. The van der Waals surface area contributed by atoms with Crippen molar-refractivity contribution in [3.05, 3.63) is 94.2 Å². The highest BCUT2D eigenvalue weighted by atomic mass is 35.5. The van der Waals surface area contributed by atoms with Crippen molar-refractivity contribution >= 4 is 61.8 Å². The molecule has 0 radical (unpaired) electrons. The van der Waals surface area contributed by atoms with Gasteiger partial charge in [0, 0.05) is 27.8 Å². The van der Waals surface area contributed by atoms with Gasteiger partial charge >= 0.3 is 0 Å². The molecule has 0 amide bonds. The van der Waals surface area contributed by atoms with E-state index < -0.39 is 0 Å². The molecule has 1 aliphatic rings. The average molecular weight is 442 g/mol. The molecule has 6 rings (SSSR count). The van der Waals surface area contributed by atoms with Gasteiger partial charge in [0.25, 0.3) is 0 Å². The van der Waals surface area contributed by atoms with Gasteiger partial charge in [-0.3, -0.25) is 9.59 Å². The highest BCUT2D eigenvalue weighted by molar-refractivity contribution is 7.21. The lowest BCUT2D eigenvalue weighted by molar-refractivity contribution is 0.0990. The predicted molar refractivity (Wildman–Crippen MR) is 123 cm³/mol. The molecule has 3 aromatic carbocycles. The van der Waals surface area contributed by atoms with Crippen molar-refractivity contribution in [1.82, 2.24) is 4.98 Å². The second-order valence-electron chi connectivity index (χ2n) is 7.31. The van der Waals surface area contributed by atoms with Gasteiger partial charge in [0.15, 0.2) is 11.6 Å². The van der Waals surface area contributed by atoms with Gasteiger partial charge in [0.1, 0.15) is 10.8 Å². The molecular weight excluding hydrogens is 430 g/mol. The molecule has 2 heterocycles. The maximum Gasteiger partial charge on any atom is 0.238 e. The fourth-order valence-electron chi connectivity index (χ4n) is 3.82. The summed E-state index contributed by atoms with van der Waals surface area (Å²) in [6.45, 7) is 0. The van der Waals surface area contributed by atoms with Crippen LogP contribution in [-0.4, -0.2) is 16.6 Å². The summed E-state index contributed by atoms with van der Waals surface area (Å²) < 4.78 is 6.67. The van der Waals surface area contributed by atoms with Crippen LogP contribution in [0.3, 0.4) is 0 Å². The Morgan fingerprint density at radius 1 is 0.871 bits per heavy atom. The number of halogens is 1. The summed E-state index contributed by atoms with van der Waals surface area (Å²) in [7, 11) is 0. The zero-order valence-electron chi connectivity index (χ0n) is 15.9. The minimum Gasteiger partial charge on any atom is -0.437 e. The summed E-state index contributed by atoms with van der Waals surface area (Å²) >= 11 is 7.43. The first-order valence-corrected chi connectivity index (χ1v) is 10.8. The molecule has 0 atom stereocenters. The topological polar surface area (TPSA) is 60.2 Å². The van der Waals surface area contributed by atoms with Crippen molar-refractivity contribution in [3.63, 3.8) is 0 Å². The van der Waals surface area contributed by atoms with Crippen LogP contribution in [0.2, 0.25) is 5.02 Å². The van der Waals surface area contributed by atoms with Crippen LogP contribution >= 0.6 is 22.9 Å². The molecule has 0 spiro atoms. The minimum absolute atomic E-state index is 0.115. The number of hydrogen-bond acceptors (Lipinski definition) is 5. The van der Waals surface area contributed by atoms with Crippen LogP contribution in [0.5, 0.6) is 0 Å². The van der Waals surface area contributed by atoms with Gasteiger partial charge in [-0.15, -0.1) is 11.3 Å². The van der Waals surface area contributed by atoms with E-state index in [-0.39, 0.29) is 17.1 Å². The summed E-state index contributed by atoms with van der Waals surface area (Å²) in [6.07, 6.45) is 1.52. The molecule has 0 bridgehead atoms. The summed E-state index contributed by atoms with van der Waals surface area (Å²) in [5.74, 6) is -0.119. The average Bonchev–Trinajstić information content (AvgIpc) is 3.40. The molecule has 5 aromatic rings.